The van der Waals surface area contributed by atoms with Gasteiger partial charge in [0.25, 0.3) is 0 Å². The highest BCUT2D eigenvalue weighted by atomic mass is 16.4. The van der Waals surface area contributed by atoms with E-state index >= 15 is 0 Å². The Morgan fingerprint density at radius 2 is 1.75 bits per heavy atom. The second kappa shape index (κ2) is 8.68. The molecule has 3 saturated carbocycles. The van der Waals surface area contributed by atoms with Gasteiger partial charge in [-0.2, -0.15) is 0 Å². The Kier molecular flexibility index (Phi) is 6.87. The Labute approximate surface area is 174 Å². The van der Waals surface area contributed by atoms with Crippen LogP contribution in [-0.2, 0) is 4.79 Å². The van der Waals surface area contributed by atoms with E-state index in [-0.39, 0.29) is 5.41 Å². The fourth-order valence-corrected chi connectivity index (χ4v) is 8.21. The lowest BCUT2D eigenvalue weighted by Crippen LogP contribution is -2.49. The Bertz CT molecular complexity index is 541. The van der Waals surface area contributed by atoms with Gasteiger partial charge in [-0.3, -0.25) is 4.79 Å². The fourth-order valence-electron chi connectivity index (χ4n) is 8.21. The maximum atomic E-state index is 11.2. The monoisotopic (exact) mass is 390 g/mol. The maximum absolute atomic E-state index is 11.2. The first-order chi connectivity index (χ1) is 13.2. The smallest absolute Gasteiger partial charge is 0.303 e. The van der Waals surface area contributed by atoms with E-state index in [1.807, 2.05) is 0 Å². The van der Waals surface area contributed by atoms with Crippen LogP contribution in [0.4, 0.5) is 0 Å². The number of carbonyl (C=O) groups is 1. The normalized spacial score (nSPS) is 41.5. The zero-order valence-corrected chi connectivity index (χ0v) is 19.3. The molecule has 162 valence electrons. The van der Waals surface area contributed by atoms with Gasteiger partial charge in [-0.25, -0.2) is 0 Å². The summed E-state index contributed by atoms with van der Waals surface area (Å²) >= 11 is 0. The van der Waals surface area contributed by atoms with Crippen molar-refractivity contribution in [3.05, 3.63) is 0 Å². The average Bonchev–Trinajstić information content (AvgIpc) is 2.97. The molecule has 2 heteroatoms. The van der Waals surface area contributed by atoms with E-state index in [0.29, 0.717) is 11.8 Å². The molecular formula is C26H46O2. The summed E-state index contributed by atoms with van der Waals surface area (Å²) in [5.41, 5.74) is 0.813. The van der Waals surface area contributed by atoms with Gasteiger partial charge < -0.3 is 5.11 Å². The molecule has 0 unspecified atom stereocenters. The van der Waals surface area contributed by atoms with E-state index in [0.717, 1.165) is 41.9 Å². The summed E-state index contributed by atoms with van der Waals surface area (Å²) in [6, 6.07) is 0. The van der Waals surface area contributed by atoms with Crippen LogP contribution in [0.3, 0.4) is 0 Å². The highest BCUT2D eigenvalue weighted by molar-refractivity contribution is 5.66. The molecule has 3 aliphatic rings. The van der Waals surface area contributed by atoms with Gasteiger partial charge in [-0.15, -0.1) is 0 Å². The first-order valence-corrected chi connectivity index (χ1v) is 12.4. The molecule has 0 amide bonds. The molecule has 0 aromatic rings. The standard InChI is InChI=1S/C26H46O2/c1-18(2)8-6-9-19(3)21-11-12-23-20-10-7-15-25(4,16-14-24(27)28)22(20)13-17-26(21,23)5/h18-23H,6-17H2,1-5H3,(H,27,28)/t19-,20+,21+,22-,23+,25+,26-/m1/s1. The van der Waals surface area contributed by atoms with Crippen LogP contribution in [0.5, 0.6) is 0 Å². The second-order valence-corrected chi connectivity index (χ2v) is 11.8. The van der Waals surface area contributed by atoms with Crippen molar-refractivity contribution in [3.8, 4) is 0 Å². The van der Waals surface area contributed by atoms with Crippen LogP contribution in [0.25, 0.3) is 0 Å². The number of hydrogen-bond acceptors (Lipinski definition) is 1. The molecular weight excluding hydrogens is 344 g/mol. The molecule has 0 radical (unpaired) electrons. The van der Waals surface area contributed by atoms with Crippen molar-refractivity contribution in [2.45, 2.75) is 112 Å². The minimum absolute atomic E-state index is 0.267. The van der Waals surface area contributed by atoms with E-state index in [9.17, 15) is 9.90 Å². The molecule has 0 heterocycles. The molecule has 0 saturated heterocycles. The van der Waals surface area contributed by atoms with E-state index in [2.05, 4.69) is 34.6 Å². The van der Waals surface area contributed by atoms with Gasteiger partial charge in [0.1, 0.15) is 0 Å². The van der Waals surface area contributed by atoms with E-state index in [4.69, 9.17) is 0 Å². The van der Waals surface area contributed by atoms with Crippen molar-refractivity contribution in [3.63, 3.8) is 0 Å². The number of aliphatic carboxylic acids is 1. The molecule has 3 aliphatic carbocycles. The highest BCUT2D eigenvalue weighted by Crippen LogP contribution is 2.66. The molecule has 0 aliphatic heterocycles. The Morgan fingerprint density at radius 1 is 1.00 bits per heavy atom. The zero-order chi connectivity index (χ0) is 20.5. The lowest BCUT2D eigenvalue weighted by molar-refractivity contribution is -0.139. The van der Waals surface area contributed by atoms with Gasteiger partial charge in [0.15, 0.2) is 0 Å². The predicted octanol–water partition coefficient (Wildman–Crippen LogP) is 7.56. The maximum Gasteiger partial charge on any atom is 0.303 e. The number of carboxylic acid groups (broad SMARTS) is 1. The lowest BCUT2D eigenvalue weighted by Gasteiger charge is -2.57. The van der Waals surface area contributed by atoms with Crippen molar-refractivity contribution in [1.82, 2.24) is 0 Å². The van der Waals surface area contributed by atoms with Gasteiger partial charge in [-0.1, -0.05) is 60.3 Å². The molecule has 28 heavy (non-hydrogen) atoms. The average molecular weight is 391 g/mol. The summed E-state index contributed by atoms with van der Waals surface area (Å²) in [5.74, 6) is 4.53. The van der Waals surface area contributed by atoms with Crippen molar-refractivity contribution in [1.29, 1.82) is 0 Å². The van der Waals surface area contributed by atoms with E-state index in [1.165, 1.54) is 64.2 Å². The molecule has 0 bridgehead atoms. The minimum atomic E-state index is -0.611. The van der Waals surface area contributed by atoms with Gasteiger partial charge in [0, 0.05) is 6.42 Å². The number of fused-ring (bicyclic) bond motifs is 3. The number of rotatable bonds is 8. The lowest BCUT2D eigenvalue weighted by atomic mass is 9.48. The quantitative estimate of drug-likeness (QED) is 0.464. The Balaban J connectivity index is 1.68. The summed E-state index contributed by atoms with van der Waals surface area (Å²) in [6.07, 6.45) is 15.0. The van der Waals surface area contributed by atoms with Crippen LogP contribution in [0, 0.1) is 46.3 Å². The van der Waals surface area contributed by atoms with Gasteiger partial charge in [0.2, 0.25) is 0 Å². The van der Waals surface area contributed by atoms with Gasteiger partial charge in [0.05, 0.1) is 0 Å². The molecule has 7 atom stereocenters. The van der Waals surface area contributed by atoms with Crippen LogP contribution in [0.15, 0.2) is 0 Å². The Morgan fingerprint density at radius 3 is 2.43 bits per heavy atom. The second-order valence-electron chi connectivity index (χ2n) is 11.8. The van der Waals surface area contributed by atoms with Crippen LogP contribution in [-0.4, -0.2) is 11.1 Å². The minimum Gasteiger partial charge on any atom is -0.481 e. The van der Waals surface area contributed by atoms with Crippen LogP contribution >= 0.6 is 0 Å². The summed E-state index contributed by atoms with van der Waals surface area (Å²) in [6.45, 7) is 12.3. The Hall–Kier alpha value is -0.530. The first kappa shape index (κ1) is 22.2. The number of hydrogen-bond donors (Lipinski definition) is 1. The van der Waals surface area contributed by atoms with Crippen LogP contribution in [0.1, 0.15) is 112 Å². The largest absolute Gasteiger partial charge is 0.481 e. The summed E-state index contributed by atoms with van der Waals surface area (Å²) < 4.78 is 0. The predicted molar refractivity (Wildman–Crippen MR) is 117 cm³/mol. The molecule has 3 rings (SSSR count). The summed E-state index contributed by atoms with van der Waals surface area (Å²) in [5, 5.41) is 9.25. The molecule has 0 aromatic carbocycles. The van der Waals surface area contributed by atoms with E-state index in [1.54, 1.807) is 0 Å². The van der Waals surface area contributed by atoms with E-state index < -0.39 is 5.97 Å². The van der Waals surface area contributed by atoms with Crippen molar-refractivity contribution < 1.29 is 9.90 Å². The third-order valence-corrected chi connectivity index (χ3v) is 9.73. The van der Waals surface area contributed by atoms with Crippen LogP contribution in [0.2, 0.25) is 0 Å². The summed E-state index contributed by atoms with van der Waals surface area (Å²) in [7, 11) is 0. The molecule has 2 nitrogen and oxygen atoms in total. The molecule has 0 aromatic heterocycles. The number of carboxylic acids is 1. The van der Waals surface area contributed by atoms with Crippen LogP contribution < -0.4 is 0 Å². The zero-order valence-electron chi connectivity index (χ0n) is 19.3. The molecule has 0 spiro atoms. The van der Waals surface area contributed by atoms with Crippen molar-refractivity contribution in [2.75, 3.05) is 0 Å². The SMILES string of the molecule is CC(C)CCC[C@@H](C)[C@@H]1CC[C@H]2[C@H]3CCC[C@@](C)(CCC(=O)O)[C@@H]3CC[C@@]21C. The van der Waals surface area contributed by atoms with Gasteiger partial charge in [-0.05, 0) is 91.3 Å². The highest BCUT2D eigenvalue weighted by Gasteiger charge is 2.58. The van der Waals surface area contributed by atoms with Crippen molar-refractivity contribution in [2.24, 2.45) is 46.3 Å². The third-order valence-electron chi connectivity index (χ3n) is 9.73. The fraction of sp³-hybridized carbons (Fsp3) is 0.962. The molecule has 1 N–H and O–H groups in total. The first-order valence-electron chi connectivity index (χ1n) is 12.4. The van der Waals surface area contributed by atoms with Crippen molar-refractivity contribution >= 4 is 5.97 Å². The third kappa shape index (κ3) is 4.31. The topological polar surface area (TPSA) is 37.3 Å². The molecule has 3 fully saturated rings. The summed E-state index contributed by atoms with van der Waals surface area (Å²) in [4.78, 5) is 11.2. The van der Waals surface area contributed by atoms with Gasteiger partial charge >= 0.3 is 5.97 Å².